The number of hydrogen-bond donors (Lipinski definition) is 0. The lowest BCUT2D eigenvalue weighted by Crippen LogP contribution is -2.12. The minimum Gasteiger partial charge on any atom is -0.256 e. The molecule has 0 radical (unpaired) electrons. The normalized spacial score (nSPS) is 12.7. The Morgan fingerprint density at radius 2 is 1.42 bits per heavy atom. The van der Waals surface area contributed by atoms with Gasteiger partial charge in [0.05, 0.1) is 5.69 Å². The Hall–Kier alpha value is -3.19. The van der Waals surface area contributed by atoms with Crippen molar-refractivity contribution in [1.29, 1.82) is 0 Å². The first-order chi connectivity index (χ1) is 15.6. The molecule has 33 heavy (non-hydrogen) atoms. The summed E-state index contributed by atoms with van der Waals surface area (Å²) in [6.45, 7) is 13.8. The second-order valence-corrected chi connectivity index (χ2v) is 11.6. The Labute approximate surface area is 197 Å². The van der Waals surface area contributed by atoms with Gasteiger partial charge in [-0.15, -0.1) is 0 Å². The van der Waals surface area contributed by atoms with E-state index in [1.54, 1.807) is 0 Å². The Kier molecular flexibility index (Phi) is 5.05. The number of rotatable bonds is 2. The van der Waals surface area contributed by atoms with Crippen LogP contribution in [0.5, 0.6) is 0 Å². The van der Waals surface area contributed by atoms with Crippen LogP contribution in [0.25, 0.3) is 43.6 Å². The average molecular weight is 432 g/mol. The summed E-state index contributed by atoms with van der Waals surface area (Å²) in [5.41, 5.74) is 5.32. The van der Waals surface area contributed by atoms with E-state index in [-0.39, 0.29) is 10.8 Å². The fourth-order valence-corrected chi connectivity index (χ4v) is 5.11. The second-order valence-electron chi connectivity index (χ2n) is 11.6. The zero-order valence-electron chi connectivity index (χ0n) is 20.7. The van der Waals surface area contributed by atoms with E-state index >= 15 is 0 Å². The third kappa shape index (κ3) is 4.02. The predicted octanol–water partition coefficient (Wildman–Crippen LogP) is 9.09. The van der Waals surface area contributed by atoms with Gasteiger partial charge >= 0.3 is 0 Å². The lowest BCUT2D eigenvalue weighted by molar-refractivity contribution is 0.412. The molecular weight excluding hydrogens is 398 g/mol. The van der Waals surface area contributed by atoms with E-state index in [0.29, 0.717) is 0 Å². The first-order valence-electron chi connectivity index (χ1n) is 11.9. The summed E-state index contributed by atoms with van der Waals surface area (Å²) in [5.74, 6) is 0. The lowest BCUT2D eigenvalue weighted by atomic mass is 9.81. The van der Waals surface area contributed by atoms with Crippen LogP contribution in [0, 0.1) is 5.41 Å². The van der Waals surface area contributed by atoms with E-state index in [4.69, 9.17) is 4.98 Å². The highest BCUT2D eigenvalue weighted by Gasteiger charge is 2.20. The molecule has 0 fully saturated rings. The number of pyridine rings is 1. The molecule has 0 bridgehead atoms. The quantitative estimate of drug-likeness (QED) is 0.254. The van der Waals surface area contributed by atoms with Crippen LogP contribution < -0.4 is 0 Å². The van der Waals surface area contributed by atoms with Crippen molar-refractivity contribution in [1.82, 2.24) is 4.98 Å². The van der Waals surface area contributed by atoms with Gasteiger partial charge in [-0.25, -0.2) is 0 Å². The molecule has 0 N–H and O–H groups in total. The molecule has 1 heterocycles. The van der Waals surface area contributed by atoms with Gasteiger partial charge in [-0.1, -0.05) is 96.1 Å². The molecule has 1 aromatic heterocycles. The van der Waals surface area contributed by atoms with Crippen molar-refractivity contribution in [3.63, 3.8) is 0 Å². The Bertz CT molecular complexity index is 1490. The summed E-state index contributed by atoms with van der Waals surface area (Å²) in [6.07, 6.45) is 3.00. The summed E-state index contributed by atoms with van der Waals surface area (Å²) >= 11 is 0. The number of aromatic nitrogens is 1. The molecule has 0 aliphatic carbocycles. The molecule has 1 heteroatoms. The van der Waals surface area contributed by atoms with Crippen LogP contribution in [0.2, 0.25) is 0 Å². The fourth-order valence-electron chi connectivity index (χ4n) is 5.11. The van der Waals surface area contributed by atoms with E-state index in [2.05, 4.69) is 114 Å². The summed E-state index contributed by atoms with van der Waals surface area (Å²) in [5, 5.41) is 7.72. The highest BCUT2D eigenvalue weighted by atomic mass is 14.7. The highest BCUT2D eigenvalue weighted by Crippen LogP contribution is 2.39. The molecule has 0 aliphatic heterocycles. The van der Waals surface area contributed by atoms with Crippen molar-refractivity contribution in [2.45, 2.75) is 53.4 Å². The van der Waals surface area contributed by atoms with E-state index in [0.717, 1.165) is 12.1 Å². The van der Waals surface area contributed by atoms with Crippen LogP contribution in [-0.2, 0) is 11.8 Å². The van der Waals surface area contributed by atoms with Crippen molar-refractivity contribution >= 4 is 32.3 Å². The Morgan fingerprint density at radius 1 is 0.667 bits per heavy atom. The number of fused-ring (bicyclic) bond motifs is 4. The van der Waals surface area contributed by atoms with Crippen LogP contribution in [-0.4, -0.2) is 4.98 Å². The predicted molar refractivity (Wildman–Crippen MR) is 144 cm³/mol. The maximum absolute atomic E-state index is 4.96. The Morgan fingerprint density at radius 3 is 2.18 bits per heavy atom. The smallest absolute Gasteiger partial charge is 0.0786 e. The molecule has 0 atom stereocenters. The van der Waals surface area contributed by atoms with Gasteiger partial charge in [0, 0.05) is 17.1 Å². The van der Waals surface area contributed by atoms with Crippen LogP contribution in [0.1, 0.15) is 52.7 Å². The Balaban J connectivity index is 1.84. The first kappa shape index (κ1) is 21.6. The standard InChI is InChI=1S/C32H33N/c1-31(2,3)20-23-11-9-13-27-25(23)15-14-21-16-17-33-30(29(21)27)24-18-22-10-7-8-12-26(22)28(19-24)32(4,5)6/h7-19H,20H2,1-6H3. The topological polar surface area (TPSA) is 12.9 Å². The molecular formula is C32H33N. The largest absolute Gasteiger partial charge is 0.256 e. The number of benzene rings is 4. The van der Waals surface area contributed by atoms with Crippen molar-refractivity contribution in [3.05, 3.63) is 90.1 Å². The minimum atomic E-state index is 0.0438. The molecule has 0 amide bonds. The van der Waals surface area contributed by atoms with Crippen LogP contribution in [0.3, 0.4) is 0 Å². The van der Waals surface area contributed by atoms with E-state index in [9.17, 15) is 0 Å². The number of hydrogen-bond acceptors (Lipinski definition) is 1. The lowest BCUT2D eigenvalue weighted by Gasteiger charge is -2.23. The van der Waals surface area contributed by atoms with Crippen molar-refractivity contribution in [2.24, 2.45) is 5.41 Å². The SMILES string of the molecule is CC(C)(C)Cc1cccc2c1ccc1ccnc(-c3cc(C(C)(C)C)c4ccccc4c3)c12. The summed E-state index contributed by atoms with van der Waals surface area (Å²) in [6, 6.07) is 26.9. The molecule has 5 rings (SSSR count). The molecule has 4 aromatic carbocycles. The van der Waals surface area contributed by atoms with Gasteiger partial charge in [-0.2, -0.15) is 0 Å². The van der Waals surface area contributed by atoms with Gasteiger partial charge in [0.15, 0.2) is 0 Å². The van der Waals surface area contributed by atoms with Gasteiger partial charge in [0.25, 0.3) is 0 Å². The van der Waals surface area contributed by atoms with Crippen LogP contribution >= 0.6 is 0 Å². The molecule has 1 nitrogen and oxygen atoms in total. The third-order valence-electron chi connectivity index (χ3n) is 6.54. The molecule has 166 valence electrons. The van der Waals surface area contributed by atoms with Crippen molar-refractivity contribution < 1.29 is 0 Å². The minimum absolute atomic E-state index is 0.0438. The molecule has 0 saturated heterocycles. The maximum Gasteiger partial charge on any atom is 0.0786 e. The highest BCUT2D eigenvalue weighted by molar-refractivity contribution is 6.14. The molecule has 0 unspecified atom stereocenters. The van der Waals surface area contributed by atoms with Crippen LogP contribution in [0.15, 0.2) is 79.0 Å². The summed E-state index contributed by atoms with van der Waals surface area (Å²) in [4.78, 5) is 4.96. The summed E-state index contributed by atoms with van der Waals surface area (Å²) in [7, 11) is 0. The van der Waals surface area contributed by atoms with Gasteiger partial charge in [0.2, 0.25) is 0 Å². The monoisotopic (exact) mass is 431 g/mol. The van der Waals surface area contributed by atoms with Gasteiger partial charge in [0.1, 0.15) is 0 Å². The number of nitrogens with zero attached hydrogens (tertiary/aromatic N) is 1. The fraction of sp³-hybridized carbons (Fsp3) is 0.281. The summed E-state index contributed by atoms with van der Waals surface area (Å²) < 4.78 is 0. The van der Waals surface area contributed by atoms with E-state index in [1.165, 1.54) is 49.0 Å². The first-order valence-corrected chi connectivity index (χ1v) is 11.9. The molecule has 0 saturated carbocycles. The van der Waals surface area contributed by atoms with Crippen LogP contribution in [0.4, 0.5) is 0 Å². The van der Waals surface area contributed by atoms with Crippen molar-refractivity contribution in [3.8, 4) is 11.3 Å². The third-order valence-corrected chi connectivity index (χ3v) is 6.54. The molecule has 5 aromatic rings. The average Bonchev–Trinajstić information content (AvgIpc) is 2.76. The van der Waals surface area contributed by atoms with E-state index in [1.807, 2.05) is 6.20 Å². The van der Waals surface area contributed by atoms with Gasteiger partial charge in [-0.05, 0) is 73.5 Å². The molecule has 0 aliphatic rings. The second kappa shape index (κ2) is 7.70. The van der Waals surface area contributed by atoms with E-state index < -0.39 is 0 Å². The van der Waals surface area contributed by atoms with Gasteiger partial charge in [-0.3, -0.25) is 4.98 Å². The molecule has 0 spiro atoms. The zero-order valence-corrected chi connectivity index (χ0v) is 20.7. The zero-order chi connectivity index (χ0) is 23.4. The van der Waals surface area contributed by atoms with Gasteiger partial charge < -0.3 is 0 Å². The van der Waals surface area contributed by atoms with Crippen molar-refractivity contribution in [2.75, 3.05) is 0 Å². The maximum atomic E-state index is 4.96.